The van der Waals surface area contributed by atoms with Gasteiger partial charge in [-0.2, -0.15) is 0 Å². The number of hydrogen-bond donors (Lipinski definition) is 1. The first-order valence-corrected chi connectivity index (χ1v) is 7.33. The molecule has 1 saturated heterocycles. The van der Waals surface area contributed by atoms with E-state index in [0.717, 1.165) is 12.5 Å². The first kappa shape index (κ1) is 14.0. The van der Waals surface area contributed by atoms with E-state index in [1.54, 1.807) is 17.0 Å². The van der Waals surface area contributed by atoms with Crippen LogP contribution in [-0.2, 0) is 0 Å². The molecular weight excluding hydrogens is 269 g/mol. The van der Waals surface area contributed by atoms with Gasteiger partial charge in [-0.1, -0.05) is 36.2 Å². The van der Waals surface area contributed by atoms with E-state index >= 15 is 0 Å². The number of ether oxygens (including phenoxy) is 1. The third-order valence-electron chi connectivity index (χ3n) is 3.60. The monoisotopic (exact) mass is 288 g/mol. The molecule has 2 nitrogen and oxygen atoms in total. The number of likely N-dealkylation sites (tertiary alicyclic amines) is 1. The lowest BCUT2D eigenvalue weighted by molar-refractivity contribution is -0.906. The minimum atomic E-state index is 0.588. The molecule has 0 unspecified atom stereocenters. The second kappa shape index (κ2) is 6.65. The van der Waals surface area contributed by atoms with Crippen LogP contribution in [0.1, 0.15) is 19.8 Å². The van der Waals surface area contributed by atoms with Gasteiger partial charge < -0.3 is 9.64 Å². The molecule has 1 N–H and O–H groups in total. The van der Waals surface area contributed by atoms with Gasteiger partial charge in [-0.15, -0.1) is 0 Å². The van der Waals surface area contributed by atoms with Gasteiger partial charge in [0.1, 0.15) is 13.2 Å². The average molecular weight is 289 g/mol. The zero-order valence-corrected chi connectivity index (χ0v) is 12.2. The van der Waals surface area contributed by atoms with Gasteiger partial charge in [-0.3, -0.25) is 0 Å². The summed E-state index contributed by atoms with van der Waals surface area (Å²) in [5.41, 5.74) is 0. The Morgan fingerprint density at radius 1 is 1.22 bits per heavy atom. The molecule has 100 valence electrons. The predicted octanol–water partition coefficient (Wildman–Crippen LogP) is 2.69. The molecule has 0 amide bonds. The zero-order chi connectivity index (χ0) is 13.0. The first-order chi connectivity index (χ1) is 8.66. The fourth-order valence-corrected chi connectivity index (χ4v) is 2.84. The van der Waals surface area contributed by atoms with Crippen molar-refractivity contribution in [3.05, 3.63) is 28.2 Å². The molecule has 1 aromatic rings. The van der Waals surface area contributed by atoms with Crippen molar-refractivity contribution >= 4 is 23.2 Å². The molecule has 0 bridgehead atoms. The van der Waals surface area contributed by atoms with E-state index in [9.17, 15) is 0 Å². The quantitative estimate of drug-likeness (QED) is 0.899. The smallest absolute Gasteiger partial charge is 0.156 e. The number of rotatable bonds is 4. The summed E-state index contributed by atoms with van der Waals surface area (Å²) in [6, 6.07) is 5.44. The Morgan fingerprint density at radius 3 is 2.44 bits per heavy atom. The van der Waals surface area contributed by atoms with E-state index in [4.69, 9.17) is 27.9 Å². The molecule has 1 heterocycles. The summed E-state index contributed by atoms with van der Waals surface area (Å²) in [6.45, 7) is 6.53. The average Bonchev–Trinajstić information content (AvgIpc) is 2.35. The van der Waals surface area contributed by atoms with Gasteiger partial charge in [0.05, 0.1) is 23.1 Å². The lowest BCUT2D eigenvalue weighted by Gasteiger charge is -2.27. The number of piperidine rings is 1. The lowest BCUT2D eigenvalue weighted by atomic mass is 9.99. The number of halogens is 2. The summed E-state index contributed by atoms with van der Waals surface area (Å²) in [5.74, 6) is 1.50. The number of nitrogens with one attached hydrogen (secondary N) is 1. The Bertz CT molecular complexity index is 369. The van der Waals surface area contributed by atoms with Crippen molar-refractivity contribution in [1.82, 2.24) is 0 Å². The molecular formula is C14H20Cl2NO+. The maximum absolute atomic E-state index is 6.05. The Labute approximate surface area is 119 Å². The van der Waals surface area contributed by atoms with Crippen LogP contribution in [0, 0.1) is 5.92 Å². The van der Waals surface area contributed by atoms with Crippen LogP contribution >= 0.6 is 23.2 Å². The number of hydrogen-bond acceptors (Lipinski definition) is 1. The summed E-state index contributed by atoms with van der Waals surface area (Å²) < 4.78 is 5.71. The highest BCUT2D eigenvalue weighted by Gasteiger charge is 2.18. The van der Waals surface area contributed by atoms with Crippen molar-refractivity contribution in [1.29, 1.82) is 0 Å². The number of benzene rings is 1. The summed E-state index contributed by atoms with van der Waals surface area (Å²) in [6.07, 6.45) is 2.64. The van der Waals surface area contributed by atoms with Crippen LogP contribution in [0.5, 0.6) is 5.75 Å². The number of quaternary nitrogens is 1. The van der Waals surface area contributed by atoms with E-state index in [1.807, 2.05) is 6.07 Å². The molecule has 0 atom stereocenters. The molecule has 4 heteroatoms. The third kappa shape index (κ3) is 3.78. The van der Waals surface area contributed by atoms with Crippen LogP contribution in [0.3, 0.4) is 0 Å². The highest BCUT2D eigenvalue weighted by molar-refractivity contribution is 6.37. The fourth-order valence-electron chi connectivity index (χ4n) is 2.34. The van der Waals surface area contributed by atoms with Gasteiger partial charge in [0.25, 0.3) is 0 Å². The van der Waals surface area contributed by atoms with Crippen LogP contribution in [0.2, 0.25) is 10.0 Å². The molecule has 1 fully saturated rings. The van der Waals surface area contributed by atoms with E-state index in [-0.39, 0.29) is 0 Å². The van der Waals surface area contributed by atoms with Gasteiger partial charge >= 0.3 is 0 Å². The molecule has 1 aromatic carbocycles. The van der Waals surface area contributed by atoms with Crippen LogP contribution in [-0.4, -0.2) is 26.2 Å². The maximum atomic E-state index is 6.05. The van der Waals surface area contributed by atoms with E-state index in [2.05, 4.69) is 6.92 Å². The molecule has 2 rings (SSSR count). The van der Waals surface area contributed by atoms with E-state index in [0.29, 0.717) is 22.4 Å². The van der Waals surface area contributed by atoms with Crippen molar-refractivity contribution in [2.45, 2.75) is 19.8 Å². The molecule has 0 radical (unpaired) electrons. The molecule has 18 heavy (non-hydrogen) atoms. The Morgan fingerprint density at radius 2 is 1.83 bits per heavy atom. The van der Waals surface area contributed by atoms with Gasteiger partial charge in [0.15, 0.2) is 5.75 Å². The summed E-state index contributed by atoms with van der Waals surface area (Å²) in [5, 5.41) is 1.18. The predicted molar refractivity (Wildman–Crippen MR) is 75.9 cm³/mol. The van der Waals surface area contributed by atoms with Gasteiger partial charge in [0.2, 0.25) is 0 Å². The van der Waals surface area contributed by atoms with Gasteiger partial charge in [-0.25, -0.2) is 0 Å². The number of para-hydroxylation sites is 1. The highest BCUT2D eigenvalue weighted by atomic mass is 35.5. The molecule has 0 saturated carbocycles. The van der Waals surface area contributed by atoms with Crippen LogP contribution in [0.25, 0.3) is 0 Å². The van der Waals surface area contributed by atoms with E-state index in [1.165, 1.54) is 25.9 Å². The van der Waals surface area contributed by atoms with Crippen LogP contribution in [0.15, 0.2) is 18.2 Å². The van der Waals surface area contributed by atoms with Crippen molar-refractivity contribution in [2.75, 3.05) is 26.2 Å². The fraction of sp³-hybridized carbons (Fsp3) is 0.571. The molecule has 0 spiro atoms. The third-order valence-corrected chi connectivity index (χ3v) is 4.20. The van der Waals surface area contributed by atoms with Gasteiger partial charge in [-0.05, 0) is 30.9 Å². The first-order valence-electron chi connectivity index (χ1n) is 6.57. The maximum Gasteiger partial charge on any atom is 0.156 e. The standard InChI is InChI=1S/C14H19Cl2NO/c1-11-5-7-17(8-6-11)9-10-18-14-12(15)3-2-4-13(14)16/h2-4,11H,5-10H2,1H3/p+1. The summed E-state index contributed by atoms with van der Waals surface area (Å²) >= 11 is 12.1. The Balaban J connectivity index is 1.78. The Hall–Kier alpha value is -0.440. The largest absolute Gasteiger partial charge is 0.485 e. The molecule has 1 aliphatic rings. The second-order valence-electron chi connectivity index (χ2n) is 5.08. The zero-order valence-electron chi connectivity index (χ0n) is 10.7. The minimum Gasteiger partial charge on any atom is -0.485 e. The normalized spacial score (nSPS) is 23.9. The lowest BCUT2D eigenvalue weighted by Crippen LogP contribution is -3.13. The van der Waals surface area contributed by atoms with Crippen LogP contribution < -0.4 is 9.64 Å². The molecule has 0 aliphatic carbocycles. The van der Waals surface area contributed by atoms with Gasteiger partial charge in [0, 0.05) is 0 Å². The van der Waals surface area contributed by atoms with Crippen LogP contribution in [0.4, 0.5) is 0 Å². The molecule has 1 aliphatic heterocycles. The topological polar surface area (TPSA) is 13.7 Å². The van der Waals surface area contributed by atoms with E-state index < -0.39 is 0 Å². The minimum absolute atomic E-state index is 0.588. The SMILES string of the molecule is CC1CC[NH+](CCOc2c(Cl)cccc2Cl)CC1. The summed E-state index contributed by atoms with van der Waals surface area (Å²) in [4.78, 5) is 1.62. The van der Waals surface area contributed by atoms with Crippen molar-refractivity contribution < 1.29 is 9.64 Å². The molecule has 0 aromatic heterocycles. The Kier molecular flexibility index (Phi) is 5.16. The van der Waals surface area contributed by atoms with Crippen molar-refractivity contribution in [3.8, 4) is 5.75 Å². The van der Waals surface area contributed by atoms with Crippen molar-refractivity contribution in [3.63, 3.8) is 0 Å². The highest BCUT2D eigenvalue weighted by Crippen LogP contribution is 2.32. The summed E-state index contributed by atoms with van der Waals surface area (Å²) in [7, 11) is 0. The second-order valence-corrected chi connectivity index (χ2v) is 5.90. The van der Waals surface area contributed by atoms with Crippen molar-refractivity contribution in [2.24, 2.45) is 5.92 Å².